The van der Waals surface area contributed by atoms with E-state index in [2.05, 4.69) is 48.3 Å². The number of benzene rings is 1. The number of carbonyl (C=O) groups excluding carboxylic acids is 1. The van der Waals surface area contributed by atoms with Crippen molar-refractivity contribution in [2.24, 2.45) is 5.92 Å². The minimum absolute atomic E-state index is 0.238. The van der Waals surface area contributed by atoms with Crippen molar-refractivity contribution in [2.45, 2.75) is 65.3 Å². The molecule has 1 fully saturated rings. The highest BCUT2D eigenvalue weighted by atomic mass is 32.1. The number of quaternary nitrogens is 1. The van der Waals surface area contributed by atoms with Crippen LogP contribution < -0.4 is 10.2 Å². The van der Waals surface area contributed by atoms with E-state index >= 15 is 0 Å². The molecule has 0 saturated carbocycles. The Morgan fingerprint density at radius 1 is 1.10 bits per heavy atom. The number of rotatable bonds is 11. The maximum Gasteiger partial charge on any atom is 0.411 e. The first-order valence-corrected chi connectivity index (χ1v) is 15.6. The van der Waals surface area contributed by atoms with Crippen LogP contribution >= 0.6 is 11.5 Å². The number of anilines is 1. The Bertz CT molecular complexity index is 1270. The number of hydrogen-bond donors (Lipinski definition) is 3. The van der Waals surface area contributed by atoms with Gasteiger partial charge in [-0.25, -0.2) is 4.79 Å². The highest BCUT2D eigenvalue weighted by Gasteiger charge is 2.35. The molecule has 1 amide bonds. The van der Waals surface area contributed by atoms with Gasteiger partial charge in [0.25, 0.3) is 0 Å². The Kier molecular flexibility index (Phi) is 9.05. The summed E-state index contributed by atoms with van der Waals surface area (Å²) in [5.74, 6) is 2.05. The number of aromatic hydroxyl groups is 2. The molecule has 3 heterocycles. The first-order valence-electron chi connectivity index (χ1n) is 14.8. The summed E-state index contributed by atoms with van der Waals surface area (Å²) in [5.41, 5.74) is 1.85. The van der Waals surface area contributed by atoms with Crippen molar-refractivity contribution < 1.29 is 24.2 Å². The molecule has 218 valence electrons. The standard InChI is InChI=1S/C30H43N5O4S/c1-22(2)13-14-31-30(38)39-21-35(18-8-7-15-34-28(36)23-9-3-4-10-24(23)29(34)37)19-16-33(17-20-35)27-25-11-5-6-12-26(25)40-32-27/h5-6,11-12,22H,3-4,7-10,13-21H2,1-2H3,(H2-,31,36,37,38)/p+1. The van der Waals surface area contributed by atoms with Gasteiger partial charge < -0.3 is 25.2 Å². The Hall–Kier alpha value is -2.98. The molecule has 9 nitrogen and oxygen atoms in total. The first-order chi connectivity index (χ1) is 19.4. The molecule has 0 bridgehead atoms. The Morgan fingerprint density at radius 3 is 2.50 bits per heavy atom. The lowest BCUT2D eigenvalue weighted by molar-refractivity contribution is -0.944. The number of alkyl carbamates (subject to hydrolysis) is 1. The molecule has 0 atom stereocenters. The molecule has 0 unspecified atom stereocenters. The summed E-state index contributed by atoms with van der Waals surface area (Å²) in [6.45, 7) is 10.1. The molecule has 40 heavy (non-hydrogen) atoms. The molecule has 3 N–H and O–H groups in total. The lowest BCUT2D eigenvalue weighted by Gasteiger charge is -2.44. The number of unbranched alkanes of at least 4 members (excludes halogenated alkanes) is 1. The lowest BCUT2D eigenvalue weighted by Crippen LogP contribution is -2.61. The summed E-state index contributed by atoms with van der Waals surface area (Å²) in [4.78, 5) is 14.8. The number of nitrogens with zero attached hydrogens (tertiary/aromatic N) is 4. The molecule has 5 rings (SSSR count). The van der Waals surface area contributed by atoms with E-state index in [4.69, 9.17) is 9.11 Å². The molecule has 0 spiro atoms. The number of nitrogens with one attached hydrogen (secondary N) is 1. The van der Waals surface area contributed by atoms with Gasteiger partial charge in [0.15, 0.2) is 17.6 Å². The van der Waals surface area contributed by atoms with Crippen LogP contribution in [0.5, 0.6) is 11.8 Å². The van der Waals surface area contributed by atoms with Crippen molar-refractivity contribution in [1.82, 2.24) is 14.3 Å². The van der Waals surface area contributed by atoms with Gasteiger partial charge in [-0.3, -0.25) is 9.05 Å². The largest absolute Gasteiger partial charge is 0.494 e. The Morgan fingerprint density at radius 2 is 1.80 bits per heavy atom. The van der Waals surface area contributed by atoms with Gasteiger partial charge in [0.1, 0.15) is 0 Å². The molecule has 1 aliphatic carbocycles. The minimum atomic E-state index is -0.348. The molecule has 2 aliphatic rings. The second-order valence-corrected chi connectivity index (χ2v) is 12.6. The summed E-state index contributed by atoms with van der Waals surface area (Å²) >= 11 is 1.54. The van der Waals surface area contributed by atoms with E-state index in [1.54, 1.807) is 16.1 Å². The van der Waals surface area contributed by atoms with E-state index < -0.39 is 0 Å². The molecule has 1 saturated heterocycles. The lowest BCUT2D eigenvalue weighted by atomic mass is 9.95. The summed E-state index contributed by atoms with van der Waals surface area (Å²) in [6, 6.07) is 8.37. The maximum atomic E-state index is 12.5. The van der Waals surface area contributed by atoms with Gasteiger partial charge in [0.05, 0.1) is 37.4 Å². The third kappa shape index (κ3) is 6.33. The van der Waals surface area contributed by atoms with Gasteiger partial charge >= 0.3 is 6.09 Å². The van der Waals surface area contributed by atoms with Crippen LogP contribution in [-0.4, -0.2) is 75.7 Å². The molecule has 1 aromatic carbocycles. The molecule has 0 radical (unpaired) electrons. The molecule has 3 aromatic rings. The smallest absolute Gasteiger partial charge is 0.411 e. The van der Waals surface area contributed by atoms with Gasteiger partial charge in [-0.1, -0.05) is 26.0 Å². The highest BCUT2D eigenvalue weighted by Crippen LogP contribution is 2.39. The van der Waals surface area contributed by atoms with E-state index in [9.17, 15) is 15.0 Å². The molecule has 10 heteroatoms. The number of aromatic nitrogens is 2. The fourth-order valence-corrected chi connectivity index (χ4v) is 6.88. The SMILES string of the molecule is CC(C)CCNC(=O)OC[N+]1(CCCCn2c(O)c3c(c2O)CCCC3)CCN(c2nsc3ccccc23)CC1. The molecular weight excluding hydrogens is 526 g/mol. The van der Waals surface area contributed by atoms with E-state index in [0.29, 0.717) is 30.2 Å². The van der Waals surface area contributed by atoms with Crippen LogP contribution in [-0.2, 0) is 24.1 Å². The van der Waals surface area contributed by atoms with Crippen LogP contribution in [0.15, 0.2) is 24.3 Å². The van der Waals surface area contributed by atoms with Crippen LogP contribution in [0.1, 0.15) is 57.1 Å². The van der Waals surface area contributed by atoms with Crippen molar-refractivity contribution >= 4 is 33.5 Å². The third-order valence-corrected chi connectivity index (χ3v) is 9.41. The summed E-state index contributed by atoms with van der Waals surface area (Å²) < 4.78 is 14.1. The number of carbonyl (C=O) groups is 1. The fourth-order valence-electron chi connectivity index (χ4n) is 6.08. The maximum absolute atomic E-state index is 12.5. The Balaban J connectivity index is 1.21. The van der Waals surface area contributed by atoms with Gasteiger partial charge in [0.2, 0.25) is 6.73 Å². The van der Waals surface area contributed by atoms with Crippen LogP contribution in [0.4, 0.5) is 10.6 Å². The van der Waals surface area contributed by atoms with Crippen molar-refractivity contribution in [1.29, 1.82) is 0 Å². The van der Waals surface area contributed by atoms with Crippen molar-refractivity contribution in [2.75, 3.05) is 50.9 Å². The molecular formula is C30H44N5O4S+. The summed E-state index contributed by atoms with van der Waals surface area (Å²) in [6.07, 6.45) is 6.10. The van der Waals surface area contributed by atoms with Crippen LogP contribution in [0.3, 0.4) is 0 Å². The number of piperazine rings is 1. The van der Waals surface area contributed by atoms with Crippen LogP contribution in [0.2, 0.25) is 0 Å². The molecule has 2 aromatic heterocycles. The van der Waals surface area contributed by atoms with Gasteiger partial charge in [0, 0.05) is 29.6 Å². The zero-order valence-corrected chi connectivity index (χ0v) is 24.7. The molecule has 1 aliphatic heterocycles. The summed E-state index contributed by atoms with van der Waals surface area (Å²) in [5, 5.41) is 25.5. The zero-order chi connectivity index (χ0) is 28.1. The van der Waals surface area contributed by atoms with Gasteiger partial charge in [-0.2, -0.15) is 4.37 Å². The number of fused-ring (bicyclic) bond motifs is 2. The quantitative estimate of drug-likeness (QED) is 0.216. The van der Waals surface area contributed by atoms with Gasteiger partial charge in [-0.15, -0.1) is 0 Å². The number of amides is 1. The number of hydrogen-bond acceptors (Lipinski definition) is 7. The highest BCUT2D eigenvalue weighted by molar-refractivity contribution is 7.13. The minimum Gasteiger partial charge on any atom is -0.494 e. The second-order valence-electron chi connectivity index (χ2n) is 11.8. The van der Waals surface area contributed by atoms with Crippen molar-refractivity contribution in [3.63, 3.8) is 0 Å². The van der Waals surface area contributed by atoms with E-state index in [0.717, 1.165) is 94.6 Å². The zero-order valence-electron chi connectivity index (χ0n) is 23.9. The van der Waals surface area contributed by atoms with E-state index in [1.165, 1.54) is 10.1 Å². The second kappa shape index (κ2) is 12.7. The fraction of sp³-hybridized carbons (Fsp3) is 0.600. The topological polar surface area (TPSA) is 99.8 Å². The normalized spacial score (nSPS) is 16.8. The van der Waals surface area contributed by atoms with Crippen molar-refractivity contribution in [3.05, 3.63) is 35.4 Å². The van der Waals surface area contributed by atoms with Crippen molar-refractivity contribution in [3.8, 4) is 11.8 Å². The summed E-state index contributed by atoms with van der Waals surface area (Å²) in [7, 11) is 0. The van der Waals surface area contributed by atoms with E-state index in [-0.39, 0.29) is 17.9 Å². The predicted molar refractivity (Wildman–Crippen MR) is 159 cm³/mol. The predicted octanol–water partition coefficient (Wildman–Crippen LogP) is 5.23. The monoisotopic (exact) mass is 570 g/mol. The van der Waals surface area contributed by atoms with E-state index in [1.807, 2.05) is 0 Å². The van der Waals surface area contributed by atoms with Gasteiger partial charge in [-0.05, 0) is 74.5 Å². The third-order valence-electron chi connectivity index (χ3n) is 8.59. The first kappa shape index (κ1) is 28.5. The van der Waals surface area contributed by atoms with Crippen LogP contribution in [0, 0.1) is 5.92 Å². The number of ether oxygens (including phenoxy) is 1. The van der Waals surface area contributed by atoms with Crippen LogP contribution in [0.25, 0.3) is 10.1 Å². The average Bonchev–Trinajstić information content (AvgIpc) is 3.49. The Labute approximate surface area is 241 Å². The average molecular weight is 571 g/mol.